The normalized spacial score (nSPS) is 10.3. The third-order valence-electron chi connectivity index (χ3n) is 4.30. The molecule has 152 valence electrons. The van der Waals surface area contributed by atoms with Crippen molar-refractivity contribution in [2.45, 2.75) is 33.2 Å². The average molecular weight is 410 g/mol. The lowest BCUT2D eigenvalue weighted by Crippen LogP contribution is -2.42. The number of thiocarbonyl (C=S) groups is 1. The fraction of sp³-hybridized carbons (Fsp3) is 0.348. The minimum absolute atomic E-state index is 0.297. The van der Waals surface area contributed by atoms with E-state index in [4.69, 9.17) is 22.2 Å². The molecule has 2 aromatic rings. The maximum Gasteiger partial charge on any atom is 0.261 e. The Balaban J connectivity index is 2.07. The molecule has 1 N–H and O–H groups in total. The third-order valence-corrected chi connectivity index (χ3v) is 4.66. The van der Waals surface area contributed by atoms with Gasteiger partial charge in [-0.05, 0) is 42.3 Å². The molecule has 0 aromatic heterocycles. The van der Waals surface area contributed by atoms with Crippen molar-refractivity contribution >= 4 is 23.2 Å². The van der Waals surface area contributed by atoms with Gasteiger partial charge in [0.05, 0.1) is 24.7 Å². The second-order valence-corrected chi connectivity index (χ2v) is 7.49. The summed E-state index contributed by atoms with van der Waals surface area (Å²) in [5.41, 5.74) is 1.50. The van der Waals surface area contributed by atoms with Crippen molar-refractivity contribution in [1.82, 2.24) is 10.2 Å². The van der Waals surface area contributed by atoms with Crippen LogP contribution in [0.5, 0.6) is 5.75 Å². The number of para-hydroxylation sites is 1. The predicted octanol–water partition coefficient (Wildman–Crippen LogP) is 4.54. The Hall–Kier alpha value is -2.91. The molecular weight excluding hydrogens is 382 g/mol. The Morgan fingerprint density at radius 3 is 2.55 bits per heavy atom. The molecule has 0 atom stereocenters. The fourth-order valence-corrected chi connectivity index (χ4v) is 2.92. The van der Waals surface area contributed by atoms with Crippen molar-refractivity contribution in [3.05, 3.63) is 65.7 Å². The van der Waals surface area contributed by atoms with E-state index in [1.807, 2.05) is 41.3 Å². The highest BCUT2D eigenvalue weighted by molar-refractivity contribution is 7.80. The molecule has 0 unspecified atom stereocenters. The van der Waals surface area contributed by atoms with Gasteiger partial charge in [0.25, 0.3) is 5.91 Å². The Bertz CT molecular complexity index is 847. The van der Waals surface area contributed by atoms with Crippen molar-refractivity contribution in [3.63, 3.8) is 0 Å². The van der Waals surface area contributed by atoms with E-state index >= 15 is 0 Å². The fourth-order valence-electron chi connectivity index (χ4n) is 2.67. The van der Waals surface area contributed by atoms with Gasteiger partial charge in [-0.3, -0.25) is 10.1 Å². The van der Waals surface area contributed by atoms with E-state index in [-0.39, 0.29) is 5.91 Å². The monoisotopic (exact) mass is 409 g/mol. The van der Waals surface area contributed by atoms with Crippen molar-refractivity contribution < 1.29 is 9.53 Å². The van der Waals surface area contributed by atoms with E-state index in [0.717, 1.165) is 12.0 Å². The van der Waals surface area contributed by atoms with Crippen LogP contribution in [0.15, 0.2) is 54.6 Å². The summed E-state index contributed by atoms with van der Waals surface area (Å²) in [6, 6.07) is 19.1. The molecule has 1 amide bonds. The number of nitriles is 1. The smallest absolute Gasteiger partial charge is 0.261 e. The Morgan fingerprint density at radius 1 is 1.17 bits per heavy atom. The number of rotatable bonds is 9. The summed E-state index contributed by atoms with van der Waals surface area (Å²) in [5, 5.41) is 12.0. The van der Waals surface area contributed by atoms with Gasteiger partial charge < -0.3 is 9.64 Å². The molecule has 0 aliphatic rings. The number of nitrogens with one attached hydrogen (secondary N) is 1. The maximum atomic E-state index is 12.8. The molecule has 2 rings (SSSR count). The Kier molecular flexibility index (Phi) is 9.13. The number of carbonyl (C=O) groups is 1. The van der Waals surface area contributed by atoms with E-state index in [2.05, 4.69) is 25.2 Å². The van der Waals surface area contributed by atoms with Crippen LogP contribution in [0.3, 0.4) is 0 Å². The summed E-state index contributed by atoms with van der Waals surface area (Å²) < 4.78 is 5.81. The van der Waals surface area contributed by atoms with Crippen LogP contribution in [-0.4, -0.2) is 29.1 Å². The van der Waals surface area contributed by atoms with Crippen LogP contribution in [-0.2, 0) is 6.54 Å². The van der Waals surface area contributed by atoms with Crippen LogP contribution in [0.1, 0.15) is 42.6 Å². The van der Waals surface area contributed by atoms with E-state index in [1.165, 1.54) is 0 Å². The number of carbonyl (C=O) groups excluding carboxylic acids is 1. The highest BCUT2D eigenvalue weighted by Crippen LogP contribution is 2.19. The summed E-state index contributed by atoms with van der Waals surface area (Å²) in [6.45, 7) is 5.77. The van der Waals surface area contributed by atoms with Crippen molar-refractivity contribution in [2.24, 2.45) is 5.92 Å². The van der Waals surface area contributed by atoms with Gasteiger partial charge in [0.2, 0.25) is 0 Å². The first-order valence-corrected chi connectivity index (χ1v) is 10.1. The lowest BCUT2D eigenvalue weighted by molar-refractivity contribution is 0.0968. The molecule has 0 aliphatic carbocycles. The van der Waals surface area contributed by atoms with Gasteiger partial charge in [0.1, 0.15) is 5.75 Å². The van der Waals surface area contributed by atoms with Gasteiger partial charge in [0.15, 0.2) is 5.11 Å². The van der Waals surface area contributed by atoms with Crippen LogP contribution >= 0.6 is 12.2 Å². The molecule has 0 fully saturated rings. The lowest BCUT2D eigenvalue weighted by Gasteiger charge is -2.25. The van der Waals surface area contributed by atoms with E-state index in [1.54, 1.807) is 18.2 Å². The van der Waals surface area contributed by atoms with Crippen LogP contribution in [0.2, 0.25) is 0 Å². The predicted molar refractivity (Wildman–Crippen MR) is 119 cm³/mol. The second-order valence-electron chi connectivity index (χ2n) is 7.10. The van der Waals surface area contributed by atoms with Crippen LogP contribution in [0.25, 0.3) is 0 Å². The van der Waals surface area contributed by atoms with Crippen molar-refractivity contribution in [1.29, 1.82) is 5.26 Å². The van der Waals surface area contributed by atoms with Gasteiger partial charge in [-0.25, -0.2) is 0 Å². The van der Waals surface area contributed by atoms with E-state index in [0.29, 0.717) is 48.5 Å². The lowest BCUT2D eigenvalue weighted by atomic mass is 10.1. The SMILES string of the molecule is CC(C)CCOc1ccccc1C(=O)NC(=S)N(CCC#N)Cc1ccccc1. The van der Waals surface area contributed by atoms with Crippen LogP contribution in [0, 0.1) is 17.2 Å². The first-order chi connectivity index (χ1) is 14.0. The van der Waals surface area contributed by atoms with Crippen LogP contribution < -0.4 is 10.1 Å². The summed E-state index contributed by atoms with van der Waals surface area (Å²) >= 11 is 5.47. The Morgan fingerprint density at radius 2 is 1.86 bits per heavy atom. The quantitative estimate of drug-likeness (QED) is 0.616. The second kappa shape index (κ2) is 11.8. The largest absolute Gasteiger partial charge is 0.493 e. The summed E-state index contributed by atoms with van der Waals surface area (Å²) in [7, 11) is 0. The maximum absolute atomic E-state index is 12.8. The first-order valence-electron chi connectivity index (χ1n) is 9.74. The molecular formula is C23H27N3O2S. The molecule has 5 nitrogen and oxygen atoms in total. The topological polar surface area (TPSA) is 65.4 Å². The average Bonchev–Trinajstić information content (AvgIpc) is 2.71. The van der Waals surface area contributed by atoms with Crippen LogP contribution in [0.4, 0.5) is 0 Å². The van der Waals surface area contributed by atoms with Gasteiger partial charge in [-0.15, -0.1) is 0 Å². The standard InChI is InChI=1S/C23H27N3O2S/c1-18(2)13-16-28-21-12-7-6-11-20(21)22(27)25-23(29)26(15-8-14-24)17-19-9-4-3-5-10-19/h3-7,9-12,18H,8,13,15-17H2,1-2H3,(H,25,27,29). The highest BCUT2D eigenvalue weighted by atomic mass is 32.1. The number of ether oxygens (including phenoxy) is 1. The summed E-state index contributed by atoms with van der Waals surface area (Å²) in [4.78, 5) is 14.7. The van der Waals surface area contributed by atoms with Gasteiger partial charge >= 0.3 is 0 Å². The number of nitrogens with zero attached hydrogens (tertiary/aromatic N) is 2. The summed E-state index contributed by atoms with van der Waals surface area (Å²) in [5.74, 6) is 0.750. The molecule has 0 aliphatic heterocycles. The number of hydrogen-bond acceptors (Lipinski definition) is 4. The van der Waals surface area contributed by atoms with E-state index in [9.17, 15) is 4.79 Å². The zero-order valence-electron chi connectivity index (χ0n) is 16.9. The molecule has 0 saturated heterocycles. The zero-order valence-corrected chi connectivity index (χ0v) is 17.7. The molecule has 0 bridgehead atoms. The molecule has 2 aromatic carbocycles. The molecule has 29 heavy (non-hydrogen) atoms. The molecule has 0 heterocycles. The van der Waals surface area contributed by atoms with Crippen molar-refractivity contribution in [3.8, 4) is 11.8 Å². The Labute approximate surface area is 178 Å². The molecule has 6 heteroatoms. The number of amides is 1. The minimum Gasteiger partial charge on any atom is -0.493 e. The number of hydrogen-bond donors (Lipinski definition) is 1. The highest BCUT2D eigenvalue weighted by Gasteiger charge is 2.17. The first kappa shape index (κ1) is 22.4. The van der Waals surface area contributed by atoms with Gasteiger partial charge in [-0.2, -0.15) is 5.26 Å². The summed E-state index contributed by atoms with van der Waals surface area (Å²) in [6.07, 6.45) is 1.23. The third kappa shape index (κ3) is 7.55. The molecule has 0 saturated carbocycles. The van der Waals surface area contributed by atoms with Gasteiger partial charge in [-0.1, -0.05) is 56.3 Å². The number of benzene rings is 2. The zero-order chi connectivity index (χ0) is 21.1. The van der Waals surface area contributed by atoms with Crippen molar-refractivity contribution in [2.75, 3.05) is 13.2 Å². The molecule has 0 spiro atoms. The van der Waals surface area contributed by atoms with Gasteiger partial charge in [0, 0.05) is 13.1 Å². The molecule has 0 radical (unpaired) electrons. The van der Waals surface area contributed by atoms with E-state index < -0.39 is 0 Å². The minimum atomic E-state index is -0.315.